The van der Waals surface area contributed by atoms with Crippen LogP contribution < -0.4 is 0 Å². The molecule has 0 saturated heterocycles. The van der Waals surface area contributed by atoms with Gasteiger partial charge < -0.3 is 9.47 Å². The zero-order valence-electron chi connectivity index (χ0n) is 11.1. The fraction of sp³-hybridized carbons (Fsp3) is 0.500. The predicted octanol–water partition coefficient (Wildman–Crippen LogP) is 3.70. The molecule has 0 spiro atoms. The molecule has 0 aliphatic rings. The zero-order valence-corrected chi connectivity index (χ0v) is 11.9. The molecule has 100 valence electrons. The minimum absolute atomic E-state index is 0.0787. The molecular weight excluding hydrogens is 252 g/mol. The second-order valence-corrected chi connectivity index (χ2v) is 5.01. The summed E-state index contributed by atoms with van der Waals surface area (Å²) >= 11 is 5.79. The number of carbonyl (C=O) groups is 1. The van der Waals surface area contributed by atoms with Crippen molar-refractivity contribution in [3.05, 3.63) is 34.9 Å². The number of Topliss-reactive ketones (excluding diaryl/α,β-unsaturated/α-hetero) is 1. The van der Waals surface area contributed by atoms with Crippen molar-refractivity contribution in [2.45, 2.75) is 46.2 Å². The molecule has 0 aliphatic heterocycles. The molecule has 3 nitrogen and oxygen atoms in total. The third kappa shape index (κ3) is 4.77. The summed E-state index contributed by atoms with van der Waals surface area (Å²) in [6.07, 6.45) is -1.03. The number of rotatable bonds is 6. The Hall–Kier alpha value is -0.900. The Balaban J connectivity index is 2.83. The molecule has 0 saturated carbocycles. The number of benzene rings is 1. The first kappa shape index (κ1) is 15.2. The molecule has 0 amide bonds. The number of ketones is 1. The first-order chi connectivity index (χ1) is 8.40. The normalized spacial score (nSPS) is 11.6. The molecule has 4 heteroatoms. The average Bonchev–Trinajstić information content (AvgIpc) is 2.27. The van der Waals surface area contributed by atoms with Gasteiger partial charge in [-0.15, -0.1) is 0 Å². The average molecular weight is 271 g/mol. The maximum absolute atomic E-state index is 12.2. The van der Waals surface area contributed by atoms with Crippen molar-refractivity contribution in [1.29, 1.82) is 0 Å². The maximum atomic E-state index is 12.2. The predicted molar refractivity (Wildman–Crippen MR) is 72.0 cm³/mol. The monoisotopic (exact) mass is 270 g/mol. The highest BCUT2D eigenvalue weighted by molar-refractivity contribution is 6.30. The van der Waals surface area contributed by atoms with Crippen LogP contribution in [0.2, 0.25) is 5.02 Å². The standard InChI is InChI=1S/C14H19ClO3/c1-9(2)17-14(18-10(3)4)13(16)11-5-7-12(15)8-6-11/h5-10,14H,1-4H3. The number of halogens is 1. The second-order valence-electron chi connectivity index (χ2n) is 4.57. The van der Waals surface area contributed by atoms with Crippen LogP contribution in [0.5, 0.6) is 0 Å². The van der Waals surface area contributed by atoms with Gasteiger partial charge in [-0.05, 0) is 52.0 Å². The van der Waals surface area contributed by atoms with Crippen molar-refractivity contribution in [3.63, 3.8) is 0 Å². The van der Waals surface area contributed by atoms with E-state index in [9.17, 15) is 4.79 Å². The van der Waals surface area contributed by atoms with E-state index in [0.717, 1.165) is 0 Å². The van der Waals surface area contributed by atoms with E-state index in [0.29, 0.717) is 10.6 Å². The highest BCUT2D eigenvalue weighted by Gasteiger charge is 2.23. The molecule has 0 aromatic heterocycles. The van der Waals surface area contributed by atoms with Crippen LogP contribution in [0.15, 0.2) is 24.3 Å². The molecule has 0 bridgehead atoms. The summed E-state index contributed by atoms with van der Waals surface area (Å²) in [5.74, 6) is -0.186. The van der Waals surface area contributed by atoms with Gasteiger partial charge in [0, 0.05) is 10.6 Å². The summed E-state index contributed by atoms with van der Waals surface area (Å²) in [7, 11) is 0. The summed E-state index contributed by atoms with van der Waals surface area (Å²) < 4.78 is 11.0. The SMILES string of the molecule is CC(C)OC(OC(C)C)C(=O)c1ccc(Cl)cc1. The largest absolute Gasteiger partial charge is 0.343 e. The van der Waals surface area contributed by atoms with Crippen LogP contribution in [-0.4, -0.2) is 24.3 Å². The number of ether oxygens (including phenoxy) is 2. The minimum atomic E-state index is -0.869. The van der Waals surface area contributed by atoms with Gasteiger partial charge in [0.15, 0.2) is 0 Å². The Morgan fingerprint density at radius 2 is 1.44 bits per heavy atom. The van der Waals surface area contributed by atoms with Crippen LogP contribution in [0, 0.1) is 0 Å². The third-order valence-corrected chi connectivity index (χ3v) is 2.39. The van der Waals surface area contributed by atoms with Gasteiger partial charge in [-0.25, -0.2) is 0 Å². The van der Waals surface area contributed by atoms with E-state index in [2.05, 4.69) is 0 Å². The van der Waals surface area contributed by atoms with Crippen LogP contribution in [-0.2, 0) is 9.47 Å². The van der Waals surface area contributed by atoms with Crippen molar-refractivity contribution < 1.29 is 14.3 Å². The lowest BCUT2D eigenvalue weighted by molar-refractivity contribution is -0.152. The first-order valence-electron chi connectivity index (χ1n) is 6.01. The Morgan fingerprint density at radius 3 is 1.83 bits per heavy atom. The van der Waals surface area contributed by atoms with Crippen LogP contribution in [0.3, 0.4) is 0 Å². The lowest BCUT2D eigenvalue weighted by atomic mass is 10.1. The van der Waals surface area contributed by atoms with Crippen LogP contribution in [0.4, 0.5) is 0 Å². The van der Waals surface area contributed by atoms with Gasteiger partial charge in [0.1, 0.15) is 0 Å². The summed E-state index contributed by atoms with van der Waals surface area (Å²) in [6, 6.07) is 6.70. The van der Waals surface area contributed by atoms with Gasteiger partial charge in [-0.1, -0.05) is 11.6 Å². The molecule has 0 aliphatic carbocycles. The lowest BCUT2D eigenvalue weighted by Gasteiger charge is -2.21. The number of hydrogen-bond acceptors (Lipinski definition) is 3. The van der Waals surface area contributed by atoms with Gasteiger partial charge in [-0.3, -0.25) is 4.79 Å². The van der Waals surface area contributed by atoms with Crippen molar-refractivity contribution in [2.24, 2.45) is 0 Å². The van der Waals surface area contributed by atoms with E-state index in [1.54, 1.807) is 24.3 Å². The summed E-state index contributed by atoms with van der Waals surface area (Å²) in [5, 5.41) is 0.595. The van der Waals surface area contributed by atoms with Crippen molar-refractivity contribution >= 4 is 17.4 Å². The summed E-state index contributed by atoms with van der Waals surface area (Å²) in [6.45, 7) is 7.47. The molecule has 0 radical (unpaired) electrons. The maximum Gasteiger partial charge on any atom is 0.223 e. The van der Waals surface area contributed by atoms with Gasteiger partial charge in [0.25, 0.3) is 0 Å². The summed E-state index contributed by atoms with van der Waals surface area (Å²) in [4.78, 5) is 12.2. The zero-order chi connectivity index (χ0) is 13.7. The summed E-state index contributed by atoms with van der Waals surface area (Å²) in [5.41, 5.74) is 0.533. The molecular formula is C14H19ClO3. The fourth-order valence-corrected chi connectivity index (χ4v) is 1.53. The van der Waals surface area contributed by atoms with Crippen LogP contribution in [0.25, 0.3) is 0 Å². The fourth-order valence-electron chi connectivity index (χ4n) is 1.40. The topological polar surface area (TPSA) is 35.5 Å². The van der Waals surface area contributed by atoms with Crippen molar-refractivity contribution in [3.8, 4) is 0 Å². The van der Waals surface area contributed by atoms with E-state index in [1.165, 1.54) is 0 Å². The molecule has 0 N–H and O–H groups in total. The smallest absolute Gasteiger partial charge is 0.223 e. The molecule has 18 heavy (non-hydrogen) atoms. The lowest BCUT2D eigenvalue weighted by Crippen LogP contribution is -2.32. The quantitative estimate of drug-likeness (QED) is 0.584. The van der Waals surface area contributed by atoms with Crippen molar-refractivity contribution in [2.75, 3.05) is 0 Å². The molecule has 1 aromatic rings. The van der Waals surface area contributed by atoms with Gasteiger partial charge >= 0.3 is 0 Å². The Labute approximate surface area is 113 Å². The van der Waals surface area contributed by atoms with E-state index >= 15 is 0 Å². The third-order valence-electron chi connectivity index (χ3n) is 2.13. The van der Waals surface area contributed by atoms with Crippen LogP contribution >= 0.6 is 11.6 Å². The molecule has 1 aromatic carbocycles. The highest BCUT2D eigenvalue weighted by atomic mass is 35.5. The Morgan fingerprint density at radius 1 is 1.00 bits per heavy atom. The molecule has 0 atom stereocenters. The van der Waals surface area contributed by atoms with Gasteiger partial charge in [0.2, 0.25) is 12.1 Å². The van der Waals surface area contributed by atoms with Crippen LogP contribution in [0.1, 0.15) is 38.1 Å². The van der Waals surface area contributed by atoms with E-state index in [-0.39, 0.29) is 18.0 Å². The van der Waals surface area contributed by atoms with Gasteiger partial charge in [-0.2, -0.15) is 0 Å². The number of hydrogen-bond donors (Lipinski definition) is 0. The second kappa shape index (κ2) is 6.88. The minimum Gasteiger partial charge on any atom is -0.343 e. The molecule has 0 unspecified atom stereocenters. The van der Waals surface area contributed by atoms with E-state index in [1.807, 2.05) is 27.7 Å². The van der Waals surface area contributed by atoms with Gasteiger partial charge in [0.05, 0.1) is 12.2 Å². The molecule has 1 rings (SSSR count). The van der Waals surface area contributed by atoms with E-state index in [4.69, 9.17) is 21.1 Å². The first-order valence-corrected chi connectivity index (χ1v) is 6.38. The highest BCUT2D eigenvalue weighted by Crippen LogP contribution is 2.15. The Kier molecular flexibility index (Phi) is 5.79. The molecule has 0 heterocycles. The van der Waals surface area contributed by atoms with Crippen molar-refractivity contribution in [1.82, 2.24) is 0 Å². The molecule has 0 fully saturated rings. The van der Waals surface area contributed by atoms with E-state index < -0.39 is 6.29 Å². The number of carbonyl (C=O) groups excluding carboxylic acids is 1. The Bertz CT molecular complexity index is 375.